The standard InChI is InChI=1S/C22H63N13P4/c1-22(2,3)25-38(26-36(20-23-4,29(6)7)30(8)9,27-37(21-24-5,31(10)11)32(12)13)28-39(33(14)15,34(16)17)35(18)19/h23-24H,20-21H2,1-19H3. The molecule has 0 heterocycles. The van der Waals surface area contributed by atoms with Crippen LogP contribution in [0.1, 0.15) is 20.8 Å². The molecule has 236 valence electrons. The molecule has 0 unspecified atom stereocenters. The molecule has 0 saturated carbocycles. The van der Waals surface area contributed by atoms with Gasteiger partial charge in [0, 0.05) is 0 Å². The largest absolute Gasteiger partial charge is 0.312 e. The lowest BCUT2D eigenvalue weighted by Crippen LogP contribution is -2.31. The molecule has 0 aromatic carbocycles. The van der Waals surface area contributed by atoms with Crippen LogP contribution in [0.5, 0.6) is 0 Å². The van der Waals surface area contributed by atoms with E-state index in [1.165, 1.54) is 0 Å². The van der Waals surface area contributed by atoms with Gasteiger partial charge in [-0.3, -0.25) is 32.7 Å². The monoisotopic (exact) mass is 633 g/mol. The Morgan fingerprint density at radius 2 is 0.769 bits per heavy atom. The van der Waals surface area contributed by atoms with Crippen LogP contribution in [0.4, 0.5) is 0 Å². The maximum atomic E-state index is 5.88. The second-order valence-corrected chi connectivity index (χ2v) is 25.4. The zero-order chi connectivity index (χ0) is 31.2. The van der Waals surface area contributed by atoms with Gasteiger partial charge in [0.15, 0.2) is 7.51 Å². The highest BCUT2D eigenvalue weighted by Crippen LogP contribution is 2.77. The zero-order valence-corrected chi connectivity index (χ0v) is 32.2. The zero-order valence-electron chi connectivity index (χ0n) is 28.6. The van der Waals surface area contributed by atoms with E-state index in [0.29, 0.717) is 12.6 Å². The molecule has 0 saturated heterocycles. The molecule has 39 heavy (non-hydrogen) atoms. The van der Waals surface area contributed by atoms with Crippen LogP contribution < -0.4 is 10.6 Å². The van der Waals surface area contributed by atoms with E-state index < -0.39 is 35.3 Å². The smallest absolute Gasteiger partial charge is 0.304 e. The number of nitrogens with zero attached hydrogens (tertiary/aromatic N) is 11. The van der Waals surface area contributed by atoms with E-state index in [4.69, 9.17) is 18.3 Å². The Bertz CT molecular complexity index is 894. The van der Waals surface area contributed by atoms with Crippen LogP contribution in [0.25, 0.3) is 0 Å². The van der Waals surface area contributed by atoms with Crippen molar-refractivity contribution in [1.82, 2.24) is 43.3 Å². The van der Waals surface area contributed by atoms with Crippen LogP contribution in [-0.2, 0) is 0 Å². The van der Waals surface area contributed by atoms with Crippen molar-refractivity contribution in [2.75, 3.05) is 125 Å². The summed E-state index contributed by atoms with van der Waals surface area (Å²) in [6, 6.07) is 0. The third-order valence-corrected chi connectivity index (χ3v) is 22.9. The van der Waals surface area contributed by atoms with Gasteiger partial charge in [0.05, 0.1) is 18.1 Å². The molecule has 0 aliphatic rings. The lowest BCUT2D eigenvalue weighted by molar-refractivity contribution is 0.475. The minimum atomic E-state index is -3.14. The van der Waals surface area contributed by atoms with Gasteiger partial charge in [-0.25, -0.2) is 4.74 Å². The number of hydrogen-bond acceptors (Lipinski definition) is 3. The Morgan fingerprint density at radius 1 is 0.487 bits per heavy atom. The molecular formula is C22H63N13P4. The van der Waals surface area contributed by atoms with E-state index in [1.54, 1.807) is 0 Å². The normalized spacial score (nSPS) is 14.5. The lowest BCUT2D eigenvalue weighted by atomic mass is 10.1. The molecule has 2 N–H and O–H groups in total. The molecule has 0 radical (unpaired) electrons. The minimum absolute atomic E-state index is 0.424. The Labute approximate surface area is 242 Å². The highest BCUT2D eigenvalue weighted by Gasteiger charge is 2.40. The van der Waals surface area contributed by atoms with Crippen LogP contribution >= 0.6 is 29.7 Å². The van der Waals surface area contributed by atoms with E-state index >= 15 is 0 Å². The maximum absolute atomic E-state index is 5.88. The fourth-order valence-electron chi connectivity index (χ4n) is 4.46. The van der Waals surface area contributed by atoms with Gasteiger partial charge >= 0.3 is 7.51 Å². The first-order valence-corrected chi connectivity index (χ1v) is 20.0. The molecule has 0 aliphatic carbocycles. The fourth-order valence-corrected chi connectivity index (χ4v) is 22.1. The summed E-state index contributed by atoms with van der Waals surface area (Å²) in [7, 11) is 23.3. The SMILES string of the molecule is CNCP(=NP(=NC(C)(C)C)(N=P(CNC)(N(C)C)N(C)C)N=P(N(C)C)(N(C)C)N(C)C)(N(C)C)N(C)C. The van der Waals surface area contributed by atoms with E-state index in [1.807, 2.05) is 14.1 Å². The molecule has 17 heteroatoms. The maximum Gasteiger partial charge on any atom is 0.304 e. The van der Waals surface area contributed by atoms with Crippen molar-refractivity contribution < 1.29 is 0 Å². The van der Waals surface area contributed by atoms with E-state index in [0.717, 1.165) is 0 Å². The van der Waals surface area contributed by atoms with Gasteiger partial charge < -0.3 is 10.6 Å². The van der Waals surface area contributed by atoms with Gasteiger partial charge in [-0.1, -0.05) is 0 Å². The molecule has 0 aliphatic heterocycles. The summed E-state index contributed by atoms with van der Waals surface area (Å²) < 4.78 is 39.0. The van der Waals surface area contributed by atoms with Gasteiger partial charge in [0.1, 0.15) is 14.7 Å². The fraction of sp³-hybridized carbons (Fsp3) is 1.00. The highest BCUT2D eigenvalue weighted by molar-refractivity contribution is 7.81. The van der Waals surface area contributed by atoms with Crippen LogP contribution in [0, 0.1) is 0 Å². The summed E-state index contributed by atoms with van der Waals surface area (Å²) in [6.45, 7) is 6.41. The molecule has 0 atom stereocenters. The van der Waals surface area contributed by atoms with Crippen molar-refractivity contribution in [2.24, 2.45) is 18.3 Å². The van der Waals surface area contributed by atoms with Crippen LogP contribution in [0.2, 0.25) is 0 Å². The van der Waals surface area contributed by atoms with E-state index in [-0.39, 0.29) is 0 Å². The number of nitrogens with one attached hydrogen (secondary N) is 2. The third kappa shape index (κ3) is 9.27. The molecular weight excluding hydrogens is 570 g/mol. The summed E-state index contributed by atoms with van der Waals surface area (Å²) in [6.07, 6.45) is 1.39. The van der Waals surface area contributed by atoms with Crippen molar-refractivity contribution >= 4 is 29.7 Å². The van der Waals surface area contributed by atoms with Crippen molar-refractivity contribution in [2.45, 2.75) is 26.3 Å². The average molecular weight is 634 g/mol. The molecule has 13 nitrogen and oxygen atoms in total. The van der Waals surface area contributed by atoms with Crippen LogP contribution in [0.3, 0.4) is 0 Å². The van der Waals surface area contributed by atoms with Gasteiger partial charge in [-0.2, -0.15) is 13.5 Å². The Kier molecular flexibility index (Phi) is 15.6. The first kappa shape index (κ1) is 39.6. The topological polar surface area (TPSA) is 96.2 Å². The van der Waals surface area contributed by atoms with Gasteiger partial charge in [0.2, 0.25) is 0 Å². The molecule has 0 aromatic rings. The summed E-state index contributed by atoms with van der Waals surface area (Å²) in [5, 5.41) is 6.88. The second-order valence-electron chi connectivity index (χ2n) is 12.0. The van der Waals surface area contributed by atoms with Gasteiger partial charge in [-0.05, 0) is 134 Å². The predicted molar refractivity (Wildman–Crippen MR) is 181 cm³/mol. The highest BCUT2D eigenvalue weighted by atomic mass is 31.3. The number of rotatable bonds is 14. The average Bonchev–Trinajstić information content (AvgIpc) is 2.74. The molecule has 0 fully saturated rings. The predicted octanol–water partition coefficient (Wildman–Crippen LogP) is 5.02. The van der Waals surface area contributed by atoms with Crippen LogP contribution in [0.15, 0.2) is 18.3 Å². The Hall–Kier alpha value is 0.560. The molecule has 0 spiro atoms. The molecule has 0 rings (SSSR count). The van der Waals surface area contributed by atoms with Crippen LogP contribution in [-0.4, -0.2) is 164 Å². The first-order valence-electron chi connectivity index (χ1n) is 13.1. The van der Waals surface area contributed by atoms with Crippen molar-refractivity contribution in [1.29, 1.82) is 0 Å². The van der Waals surface area contributed by atoms with Crippen molar-refractivity contribution in [3.63, 3.8) is 0 Å². The summed E-state index contributed by atoms with van der Waals surface area (Å²) >= 11 is 0. The van der Waals surface area contributed by atoms with E-state index in [2.05, 4.69) is 163 Å². The van der Waals surface area contributed by atoms with E-state index in [9.17, 15) is 0 Å². The molecule has 0 bridgehead atoms. The summed E-state index contributed by atoms with van der Waals surface area (Å²) in [5.41, 5.74) is -0.424. The summed E-state index contributed by atoms with van der Waals surface area (Å²) in [5.74, 6) is 0. The molecule has 0 amide bonds. The first-order chi connectivity index (χ1) is 17.6. The minimum Gasteiger partial charge on any atom is -0.312 e. The van der Waals surface area contributed by atoms with Crippen molar-refractivity contribution in [3.8, 4) is 0 Å². The second kappa shape index (κ2) is 15.3. The third-order valence-electron chi connectivity index (χ3n) is 6.11. The quantitative estimate of drug-likeness (QED) is 0.256. The Balaban J connectivity index is 9.26. The number of hydrogen-bond donors (Lipinski definition) is 2. The van der Waals surface area contributed by atoms with Gasteiger partial charge in [-0.15, -0.1) is 0 Å². The molecule has 0 aromatic heterocycles. The Morgan fingerprint density at radius 3 is 0.949 bits per heavy atom. The lowest BCUT2D eigenvalue weighted by Gasteiger charge is -2.44. The summed E-state index contributed by atoms with van der Waals surface area (Å²) in [4.78, 5) is 0. The van der Waals surface area contributed by atoms with Crippen molar-refractivity contribution in [3.05, 3.63) is 0 Å². The van der Waals surface area contributed by atoms with Gasteiger partial charge in [0.25, 0.3) is 0 Å².